The molecule has 1 amide bonds. The zero-order valence-corrected chi connectivity index (χ0v) is 10.6. The van der Waals surface area contributed by atoms with E-state index in [4.69, 9.17) is 9.52 Å². The zero-order valence-electron chi connectivity index (χ0n) is 10.6. The van der Waals surface area contributed by atoms with Crippen LogP contribution in [0.5, 0.6) is 0 Å². The highest BCUT2D eigenvalue weighted by Crippen LogP contribution is 2.14. The van der Waals surface area contributed by atoms with Crippen molar-refractivity contribution in [1.82, 2.24) is 10.3 Å². The fourth-order valence-electron chi connectivity index (χ4n) is 1.69. The number of pyridine rings is 1. The summed E-state index contributed by atoms with van der Waals surface area (Å²) in [5.41, 5.74) is -0.193. The number of H-pyrrole nitrogens is 1. The molecule has 7 heteroatoms. The van der Waals surface area contributed by atoms with E-state index >= 15 is 0 Å². The molecule has 0 saturated heterocycles. The summed E-state index contributed by atoms with van der Waals surface area (Å²) < 4.78 is 5.22. The van der Waals surface area contributed by atoms with Gasteiger partial charge in [-0.25, -0.2) is 4.79 Å². The van der Waals surface area contributed by atoms with Gasteiger partial charge in [-0.05, 0) is 19.1 Å². The second-order valence-corrected chi connectivity index (χ2v) is 4.10. The lowest BCUT2D eigenvalue weighted by atomic mass is 10.2. The van der Waals surface area contributed by atoms with E-state index in [2.05, 4.69) is 10.3 Å². The van der Waals surface area contributed by atoms with Crippen molar-refractivity contribution in [3.8, 4) is 0 Å². The van der Waals surface area contributed by atoms with Gasteiger partial charge in [0.25, 0.3) is 5.91 Å². The smallest absolute Gasteiger partial charge is 0.339 e. The lowest BCUT2D eigenvalue weighted by Gasteiger charge is -2.02. The van der Waals surface area contributed by atoms with E-state index in [1.807, 2.05) is 0 Å². The van der Waals surface area contributed by atoms with Crippen molar-refractivity contribution in [2.45, 2.75) is 13.5 Å². The van der Waals surface area contributed by atoms with Crippen LogP contribution in [0.25, 0.3) is 0 Å². The van der Waals surface area contributed by atoms with Gasteiger partial charge >= 0.3 is 5.97 Å². The minimum atomic E-state index is -1.09. The van der Waals surface area contributed by atoms with Gasteiger partial charge in [-0.1, -0.05) is 6.07 Å². The fourth-order valence-corrected chi connectivity index (χ4v) is 1.69. The number of hydrogen-bond acceptors (Lipinski definition) is 4. The van der Waals surface area contributed by atoms with Crippen LogP contribution in [0.1, 0.15) is 32.4 Å². The van der Waals surface area contributed by atoms with Crippen LogP contribution >= 0.6 is 0 Å². The third-order valence-electron chi connectivity index (χ3n) is 2.64. The highest BCUT2D eigenvalue weighted by molar-refractivity contribution is 5.92. The van der Waals surface area contributed by atoms with E-state index in [0.717, 1.165) is 0 Å². The monoisotopic (exact) mass is 276 g/mol. The number of carboxylic acids is 1. The van der Waals surface area contributed by atoms with Crippen LogP contribution in [0.3, 0.4) is 0 Å². The Balaban J connectivity index is 2.05. The molecule has 2 heterocycles. The summed E-state index contributed by atoms with van der Waals surface area (Å²) in [6, 6.07) is 5.58. The first-order valence-corrected chi connectivity index (χ1v) is 5.77. The highest BCUT2D eigenvalue weighted by Gasteiger charge is 2.14. The molecule has 0 bridgehead atoms. The molecule has 0 saturated carbocycles. The number of carbonyl (C=O) groups excluding carboxylic acids is 1. The molecule has 0 aliphatic carbocycles. The number of carboxylic acid groups (broad SMARTS) is 1. The van der Waals surface area contributed by atoms with Crippen LogP contribution in [0.4, 0.5) is 0 Å². The molecule has 0 atom stereocenters. The van der Waals surface area contributed by atoms with E-state index in [1.54, 1.807) is 0 Å². The molecule has 2 aromatic rings. The van der Waals surface area contributed by atoms with Crippen molar-refractivity contribution >= 4 is 11.9 Å². The number of aromatic carboxylic acids is 1. The molecule has 0 fully saturated rings. The van der Waals surface area contributed by atoms with E-state index in [-0.39, 0.29) is 29.1 Å². The van der Waals surface area contributed by atoms with Gasteiger partial charge in [0, 0.05) is 6.07 Å². The maximum atomic E-state index is 11.8. The summed E-state index contributed by atoms with van der Waals surface area (Å²) in [5, 5.41) is 11.4. The molecule has 0 spiro atoms. The number of rotatable bonds is 4. The summed E-state index contributed by atoms with van der Waals surface area (Å²) in [6.45, 7) is 1.56. The number of furan rings is 1. The van der Waals surface area contributed by atoms with Crippen LogP contribution in [-0.2, 0) is 6.54 Å². The topological polar surface area (TPSA) is 112 Å². The molecule has 0 aliphatic heterocycles. The van der Waals surface area contributed by atoms with Crippen molar-refractivity contribution < 1.29 is 19.1 Å². The van der Waals surface area contributed by atoms with Crippen LogP contribution < -0.4 is 10.9 Å². The number of aromatic nitrogens is 1. The van der Waals surface area contributed by atoms with Gasteiger partial charge in [-0.3, -0.25) is 9.59 Å². The van der Waals surface area contributed by atoms with E-state index in [0.29, 0.717) is 5.76 Å². The molecule has 0 aromatic carbocycles. The number of hydrogen-bond donors (Lipinski definition) is 3. The molecule has 0 aliphatic rings. The Morgan fingerprint density at radius 3 is 2.75 bits per heavy atom. The van der Waals surface area contributed by atoms with Gasteiger partial charge in [0.05, 0.1) is 6.54 Å². The predicted molar refractivity (Wildman–Crippen MR) is 68.6 cm³/mol. The van der Waals surface area contributed by atoms with Crippen molar-refractivity contribution in [3.05, 3.63) is 57.4 Å². The van der Waals surface area contributed by atoms with E-state index < -0.39 is 11.9 Å². The number of carbonyl (C=O) groups is 2. The van der Waals surface area contributed by atoms with Crippen molar-refractivity contribution in [2.75, 3.05) is 0 Å². The van der Waals surface area contributed by atoms with Gasteiger partial charge in [-0.15, -0.1) is 0 Å². The Labute approximate surface area is 113 Å². The molecule has 0 unspecified atom stereocenters. The SMILES string of the molecule is Cc1oc(CNC(=O)c2cccc(=O)[nH]2)cc1C(=O)O. The van der Waals surface area contributed by atoms with Crippen molar-refractivity contribution in [2.24, 2.45) is 0 Å². The lowest BCUT2D eigenvalue weighted by Crippen LogP contribution is -2.25. The number of nitrogens with one attached hydrogen (secondary N) is 2. The predicted octanol–water partition coefficient (Wildman–Crippen LogP) is 0.905. The van der Waals surface area contributed by atoms with E-state index in [9.17, 15) is 14.4 Å². The minimum absolute atomic E-state index is 0.0316. The maximum Gasteiger partial charge on any atom is 0.339 e. The van der Waals surface area contributed by atoms with Crippen LogP contribution in [-0.4, -0.2) is 22.0 Å². The molecule has 7 nitrogen and oxygen atoms in total. The zero-order chi connectivity index (χ0) is 14.7. The van der Waals surface area contributed by atoms with Crippen molar-refractivity contribution in [3.63, 3.8) is 0 Å². The largest absolute Gasteiger partial charge is 0.478 e. The maximum absolute atomic E-state index is 11.8. The average Bonchev–Trinajstić information content (AvgIpc) is 2.77. The highest BCUT2D eigenvalue weighted by atomic mass is 16.4. The van der Waals surface area contributed by atoms with Gasteiger partial charge in [0.15, 0.2) is 0 Å². The standard InChI is InChI=1S/C13H12N2O5/c1-7-9(13(18)19)5-8(20-7)6-14-12(17)10-3-2-4-11(16)15-10/h2-5H,6H2,1H3,(H,14,17)(H,15,16)(H,18,19). The molecule has 2 aromatic heterocycles. The molecular formula is C13H12N2O5. The second-order valence-electron chi connectivity index (χ2n) is 4.10. The molecule has 3 N–H and O–H groups in total. The third-order valence-corrected chi connectivity index (χ3v) is 2.64. The number of amides is 1. The Hall–Kier alpha value is -2.83. The van der Waals surface area contributed by atoms with Gasteiger partial charge in [0.2, 0.25) is 5.56 Å². The first-order chi connectivity index (χ1) is 9.47. The third kappa shape index (κ3) is 2.94. The van der Waals surface area contributed by atoms with Gasteiger partial charge < -0.3 is 19.8 Å². The van der Waals surface area contributed by atoms with Crippen LogP contribution in [0, 0.1) is 6.92 Å². The Bertz CT molecular complexity index is 714. The molecule has 20 heavy (non-hydrogen) atoms. The summed E-state index contributed by atoms with van der Waals surface area (Å²) in [6.07, 6.45) is 0. The first-order valence-electron chi connectivity index (χ1n) is 5.77. The van der Waals surface area contributed by atoms with Crippen LogP contribution in [0.2, 0.25) is 0 Å². The molecule has 104 valence electrons. The lowest BCUT2D eigenvalue weighted by molar-refractivity contribution is 0.0694. The normalized spacial score (nSPS) is 10.2. The minimum Gasteiger partial charge on any atom is -0.478 e. The average molecular weight is 276 g/mol. The molecular weight excluding hydrogens is 264 g/mol. The summed E-state index contributed by atoms with van der Waals surface area (Å²) in [7, 11) is 0. The quantitative estimate of drug-likeness (QED) is 0.768. The Morgan fingerprint density at radius 2 is 2.15 bits per heavy atom. The Kier molecular flexibility index (Phi) is 3.69. The summed E-state index contributed by atoms with van der Waals surface area (Å²) in [4.78, 5) is 36.1. The fraction of sp³-hybridized carbons (Fsp3) is 0.154. The van der Waals surface area contributed by atoms with Gasteiger partial charge in [-0.2, -0.15) is 0 Å². The van der Waals surface area contributed by atoms with Crippen molar-refractivity contribution in [1.29, 1.82) is 0 Å². The Morgan fingerprint density at radius 1 is 1.40 bits per heavy atom. The number of aromatic amines is 1. The van der Waals surface area contributed by atoms with E-state index in [1.165, 1.54) is 31.2 Å². The van der Waals surface area contributed by atoms with Gasteiger partial charge in [0.1, 0.15) is 22.8 Å². The first kappa shape index (κ1) is 13.6. The summed E-state index contributed by atoms with van der Waals surface area (Å²) >= 11 is 0. The van der Waals surface area contributed by atoms with Crippen LogP contribution in [0.15, 0.2) is 33.5 Å². The molecule has 2 rings (SSSR count). The molecule has 0 radical (unpaired) electrons. The second kappa shape index (κ2) is 5.43. The number of aryl methyl sites for hydroxylation is 1. The summed E-state index contributed by atoms with van der Waals surface area (Å²) in [5.74, 6) is -0.966.